The molecule has 0 unspecified atom stereocenters. The smallest absolute Gasteiger partial charge is 0.435 e. The lowest BCUT2D eigenvalue weighted by molar-refractivity contribution is -0.143. The minimum Gasteiger partial charge on any atom is -0.453 e. The number of hydrogen-bond donors (Lipinski definition) is 2. The molecule has 3 aromatic rings. The van der Waals surface area contributed by atoms with E-state index in [-0.39, 0.29) is 11.4 Å². The van der Waals surface area contributed by atoms with Crippen molar-refractivity contribution in [2.75, 3.05) is 17.7 Å². The molecule has 0 spiro atoms. The van der Waals surface area contributed by atoms with E-state index in [2.05, 4.69) is 25.7 Å². The molecule has 2 N–H and O–H groups in total. The molecule has 0 saturated heterocycles. The van der Waals surface area contributed by atoms with Crippen molar-refractivity contribution in [2.45, 2.75) is 6.18 Å². The standard InChI is InChI=1S/C18H13F4N5O3/c1-30-17(29)24-12-7-5-11(6-8-12)23-16(28)14-15(18(20,21)22)27(26-25-14)13-4-2-3-10(19)9-13/h2-9H,1H3,(H,23,28)(H,24,29). The largest absolute Gasteiger partial charge is 0.453 e. The van der Waals surface area contributed by atoms with Gasteiger partial charge in [-0.05, 0) is 42.5 Å². The van der Waals surface area contributed by atoms with E-state index in [0.29, 0.717) is 10.4 Å². The highest BCUT2D eigenvalue weighted by molar-refractivity contribution is 6.04. The average Bonchev–Trinajstić information content (AvgIpc) is 3.15. The second kappa shape index (κ2) is 8.19. The van der Waals surface area contributed by atoms with Crippen LogP contribution in [0.2, 0.25) is 0 Å². The van der Waals surface area contributed by atoms with Crippen LogP contribution < -0.4 is 10.6 Å². The average molecular weight is 423 g/mol. The monoisotopic (exact) mass is 423 g/mol. The van der Waals surface area contributed by atoms with Crippen molar-refractivity contribution in [3.63, 3.8) is 0 Å². The molecule has 0 aliphatic rings. The number of nitrogens with one attached hydrogen (secondary N) is 2. The fourth-order valence-corrected chi connectivity index (χ4v) is 2.47. The zero-order valence-corrected chi connectivity index (χ0v) is 15.2. The summed E-state index contributed by atoms with van der Waals surface area (Å²) < 4.78 is 59.0. The van der Waals surface area contributed by atoms with Gasteiger partial charge in [-0.15, -0.1) is 5.10 Å². The molecular formula is C18H13F4N5O3. The van der Waals surface area contributed by atoms with Gasteiger partial charge in [0, 0.05) is 11.4 Å². The molecule has 12 heteroatoms. The van der Waals surface area contributed by atoms with E-state index >= 15 is 0 Å². The summed E-state index contributed by atoms with van der Waals surface area (Å²) in [5.41, 5.74) is -2.19. The van der Waals surface area contributed by atoms with Crippen LogP contribution >= 0.6 is 0 Å². The Morgan fingerprint density at radius 2 is 1.67 bits per heavy atom. The lowest BCUT2D eigenvalue weighted by atomic mass is 10.2. The van der Waals surface area contributed by atoms with Gasteiger partial charge in [0.2, 0.25) is 0 Å². The fraction of sp³-hybridized carbons (Fsp3) is 0.111. The summed E-state index contributed by atoms with van der Waals surface area (Å²) in [6.07, 6.45) is -5.70. The van der Waals surface area contributed by atoms with Crippen molar-refractivity contribution in [1.29, 1.82) is 0 Å². The van der Waals surface area contributed by atoms with Crippen LogP contribution in [0.15, 0.2) is 48.5 Å². The molecule has 156 valence electrons. The van der Waals surface area contributed by atoms with Crippen molar-refractivity contribution in [3.05, 3.63) is 65.7 Å². The van der Waals surface area contributed by atoms with Gasteiger partial charge in [-0.25, -0.2) is 13.9 Å². The predicted octanol–water partition coefficient (Wildman–Crippen LogP) is 3.86. The first kappa shape index (κ1) is 20.8. The number of nitrogens with zero attached hydrogens (tertiary/aromatic N) is 3. The third kappa shape index (κ3) is 4.54. The predicted molar refractivity (Wildman–Crippen MR) is 96.7 cm³/mol. The summed E-state index contributed by atoms with van der Waals surface area (Å²) in [7, 11) is 1.18. The van der Waals surface area contributed by atoms with Gasteiger partial charge in [0.05, 0.1) is 12.8 Å². The Bertz CT molecular complexity index is 1080. The van der Waals surface area contributed by atoms with E-state index in [1.54, 1.807) is 0 Å². The number of hydrogen-bond acceptors (Lipinski definition) is 5. The second-order valence-electron chi connectivity index (χ2n) is 5.82. The topological polar surface area (TPSA) is 98.1 Å². The number of rotatable bonds is 4. The maximum Gasteiger partial charge on any atom is 0.435 e. The highest BCUT2D eigenvalue weighted by Crippen LogP contribution is 2.33. The van der Waals surface area contributed by atoms with E-state index in [1.807, 2.05) is 0 Å². The molecule has 0 radical (unpaired) electrons. The quantitative estimate of drug-likeness (QED) is 0.621. The Balaban J connectivity index is 1.88. The van der Waals surface area contributed by atoms with Crippen molar-refractivity contribution in [2.24, 2.45) is 0 Å². The number of alkyl halides is 3. The first-order valence-corrected chi connectivity index (χ1v) is 8.24. The SMILES string of the molecule is COC(=O)Nc1ccc(NC(=O)c2nnn(-c3cccc(F)c3)c2C(F)(F)F)cc1. The number of carbonyl (C=O) groups is 2. The van der Waals surface area contributed by atoms with Crippen molar-refractivity contribution in [1.82, 2.24) is 15.0 Å². The molecule has 0 bridgehead atoms. The lowest BCUT2D eigenvalue weighted by Crippen LogP contribution is -2.21. The number of methoxy groups -OCH3 is 1. The summed E-state index contributed by atoms with van der Waals surface area (Å²) in [5, 5.41) is 11.4. The summed E-state index contributed by atoms with van der Waals surface area (Å²) in [4.78, 5) is 23.6. The number of anilines is 2. The van der Waals surface area contributed by atoms with Crippen LogP contribution in [0.25, 0.3) is 5.69 Å². The van der Waals surface area contributed by atoms with Gasteiger partial charge in [-0.1, -0.05) is 11.3 Å². The molecule has 30 heavy (non-hydrogen) atoms. The minimum atomic E-state index is -4.99. The summed E-state index contributed by atoms with van der Waals surface area (Å²) in [6.45, 7) is 0. The van der Waals surface area contributed by atoms with Gasteiger partial charge in [0.25, 0.3) is 5.91 Å². The van der Waals surface area contributed by atoms with E-state index in [1.165, 1.54) is 43.5 Å². The Morgan fingerprint density at radius 1 is 1.03 bits per heavy atom. The van der Waals surface area contributed by atoms with Crippen LogP contribution in [0.4, 0.5) is 33.7 Å². The first-order chi connectivity index (χ1) is 14.2. The van der Waals surface area contributed by atoms with Crippen LogP contribution in [-0.4, -0.2) is 34.1 Å². The van der Waals surface area contributed by atoms with E-state index < -0.39 is 35.4 Å². The van der Waals surface area contributed by atoms with E-state index in [9.17, 15) is 27.2 Å². The highest BCUT2D eigenvalue weighted by atomic mass is 19.4. The first-order valence-electron chi connectivity index (χ1n) is 8.24. The number of carbonyl (C=O) groups excluding carboxylic acids is 2. The molecule has 0 fully saturated rings. The van der Waals surface area contributed by atoms with Gasteiger partial charge in [-0.3, -0.25) is 10.1 Å². The minimum absolute atomic E-state index is 0.142. The van der Waals surface area contributed by atoms with Gasteiger partial charge >= 0.3 is 12.3 Å². The number of amides is 2. The van der Waals surface area contributed by atoms with Crippen LogP contribution in [0, 0.1) is 5.82 Å². The van der Waals surface area contributed by atoms with Crippen LogP contribution in [-0.2, 0) is 10.9 Å². The summed E-state index contributed by atoms with van der Waals surface area (Å²) >= 11 is 0. The number of aromatic nitrogens is 3. The summed E-state index contributed by atoms with van der Waals surface area (Å²) in [6, 6.07) is 9.80. The molecule has 0 saturated carbocycles. The third-order valence-corrected chi connectivity index (χ3v) is 3.78. The zero-order chi connectivity index (χ0) is 21.9. The Hall–Kier alpha value is -3.96. The van der Waals surface area contributed by atoms with Crippen LogP contribution in [0.3, 0.4) is 0 Å². The highest BCUT2D eigenvalue weighted by Gasteiger charge is 2.42. The Labute approximate surface area is 166 Å². The molecule has 1 aromatic heterocycles. The molecule has 1 heterocycles. The van der Waals surface area contributed by atoms with Gasteiger partial charge in [-0.2, -0.15) is 13.2 Å². The molecule has 0 atom stereocenters. The van der Waals surface area contributed by atoms with Gasteiger partial charge in [0.1, 0.15) is 5.82 Å². The van der Waals surface area contributed by atoms with Gasteiger partial charge < -0.3 is 10.1 Å². The van der Waals surface area contributed by atoms with Crippen LogP contribution in [0.5, 0.6) is 0 Å². The van der Waals surface area contributed by atoms with Gasteiger partial charge in [0.15, 0.2) is 11.4 Å². The second-order valence-corrected chi connectivity index (χ2v) is 5.82. The molecule has 8 nitrogen and oxygen atoms in total. The van der Waals surface area contributed by atoms with Crippen molar-refractivity contribution in [3.8, 4) is 5.69 Å². The van der Waals surface area contributed by atoms with Crippen molar-refractivity contribution < 1.29 is 31.9 Å². The number of halogens is 4. The molecule has 0 aliphatic carbocycles. The van der Waals surface area contributed by atoms with E-state index in [4.69, 9.17) is 0 Å². The third-order valence-electron chi connectivity index (χ3n) is 3.78. The van der Waals surface area contributed by atoms with Crippen molar-refractivity contribution >= 4 is 23.4 Å². The lowest BCUT2D eigenvalue weighted by Gasteiger charge is -2.11. The maximum atomic E-state index is 13.6. The molecule has 3 rings (SSSR count). The van der Waals surface area contributed by atoms with Crippen LogP contribution in [0.1, 0.15) is 16.2 Å². The Morgan fingerprint density at radius 3 is 2.23 bits per heavy atom. The maximum absolute atomic E-state index is 13.6. The Kier molecular flexibility index (Phi) is 5.67. The number of benzene rings is 2. The van der Waals surface area contributed by atoms with E-state index in [0.717, 1.165) is 12.1 Å². The summed E-state index contributed by atoms with van der Waals surface area (Å²) in [5.74, 6) is -1.94. The molecular weight excluding hydrogens is 410 g/mol. The molecule has 2 amide bonds. The normalized spacial score (nSPS) is 11.1. The molecule has 0 aliphatic heterocycles. The number of ether oxygens (including phenoxy) is 1. The fourth-order valence-electron chi connectivity index (χ4n) is 2.47. The molecule has 2 aromatic carbocycles. The zero-order valence-electron chi connectivity index (χ0n) is 15.2.